The van der Waals surface area contributed by atoms with Gasteiger partial charge in [-0.25, -0.2) is 4.68 Å². The molecular formula is C25H25N5O5. The zero-order chi connectivity index (χ0) is 24.9. The number of aryl methyl sites for hydroxylation is 1. The molecule has 10 nitrogen and oxygen atoms in total. The Kier molecular flexibility index (Phi) is 7.00. The van der Waals surface area contributed by atoms with E-state index in [0.717, 1.165) is 24.2 Å². The van der Waals surface area contributed by atoms with Gasteiger partial charge in [-0.2, -0.15) is 5.10 Å². The minimum absolute atomic E-state index is 0.0114. The number of hydrogen-bond donors (Lipinski definition) is 2. The Morgan fingerprint density at radius 2 is 1.46 bits per heavy atom. The monoisotopic (exact) mass is 475 g/mol. The van der Waals surface area contributed by atoms with Crippen LogP contribution in [0.1, 0.15) is 63.8 Å². The van der Waals surface area contributed by atoms with Gasteiger partial charge in [-0.15, -0.1) is 0 Å². The quantitative estimate of drug-likeness (QED) is 0.291. The summed E-state index contributed by atoms with van der Waals surface area (Å²) in [7, 11) is 0. The van der Waals surface area contributed by atoms with Crippen molar-refractivity contribution >= 4 is 34.4 Å². The first-order chi connectivity index (χ1) is 16.9. The van der Waals surface area contributed by atoms with Crippen molar-refractivity contribution in [3.05, 3.63) is 75.7 Å². The molecule has 2 N–H and O–H groups in total. The number of unbranched alkanes of at least 4 members (excludes halogenated alkanes) is 2. The summed E-state index contributed by atoms with van der Waals surface area (Å²) in [5.41, 5.74) is 4.95. The molecule has 180 valence electrons. The number of benzene rings is 2. The first kappa shape index (κ1) is 23.8. The van der Waals surface area contributed by atoms with Gasteiger partial charge in [0.15, 0.2) is 5.69 Å². The smallest absolute Gasteiger partial charge is 0.274 e. The summed E-state index contributed by atoms with van der Waals surface area (Å²) in [5.74, 6) is -2.18. The minimum Gasteiger partial charge on any atom is -0.274 e. The number of nitrogens with one attached hydrogen (secondary N) is 2. The minimum atomic E-state index is -0.681. The number of hydrazine groups is 1. The Bertz CT molecular complexity index is 1350. The molecule has 2 heterocycles. The molecule has 35 heavy (non-hydrogen) atoms. The summed E-state index contributed by atoms with van der Waals surface area (Å²) in [6.45, 7) is 2.30. The predicted octanol–water partition coefficient (Wildman–Crippen LogP) is 2.03. The molecule has 0 saturated carbocycles. The van der Waals surface area contributed by atoms with Crippen LogP contribution in [-0.4, -0.2) is 44.9 Å². The first-order valence-corrected chi connectivity index (χ1v) is 11.5. The molecule has 0 aliphatic carbocycles. The van der Waals surface area contributed by atoms with Crippen LogP contribution >= 0.6 is 0 Å². The van der Waals surface area contributed by atoms with Crippen molar-refractivity contribution < 1.29 is 19.2 Å². The number of carbonyl (C=O) groups is 4. The van der Waals surface area contributed by atoms with Crippen molar-refractivity contribution in [2.75, 3.05) is 6.54 Å². The predicted molar refractivity (Wildman–Crippen MR) is 128 cm³/mol. The molecular weight excluding hydrogens is 450 g/mol. The molecule has 2 aromatic carbocycles. The highest BCUT2D eigenvalue weighted by Crippen LogP contribution is 2.22. The van der Waals surface area contributed by atoms with E-state index in [2.05, 4.69) is 16.0 Å². The van der Waals surface area contributed by atoms with Crippen molar-refractivity contribution in [3.8, 4) is 0 Å². The highest BCUT2D eigenvalue weighted by molar-refractivity contribution is 6.21. The molecule has 0 atom stereocenters. The maximum Gasteiger partial charge on any atom is 0.290 e. The fourth-order valence-corrected chi connectivity index (χ4v) is 3.97. The van der Waals surface area contributed by atoms with Gasteiger partial charge in [0.25, 0.3) is 23.3 Å². The van der Waals surface area contributed by atoms with Crippen LogP contribution in [-0.2, 0) is 11.3 Å². The third kappa shape index (κ3) is 4.81. The van der Waals surface area contributed by atoms with Crippen LogP contribution < -0.4 is 16.4 Å². The number of carbonyl (C=O) groups excluding carboxylic acids is 4. The number of rotatable bonds is 8. The lowest BCUT2D eigenvalue weighted by Gasteiger charge is -2.14. The van der Waals surface area contributed by atoms with Crippen molar-refractivity contribution in [2.24, 2.45) is 0 Å². The maximum absolute atomic E-state index is 12.8. The number of hydrogen-bond acceptors (Lipinski definition) is 6. The average Bonchev–Trinajstić information content (AvgIpc) is 3.12. The van der Waals surface area contributed by atoms with E-state index < -0.39 is 23.6 Å². The highest BCUT2D eigenvalue weighted by atomic mass is 16.2. The van der Waals surface area contributed by atoms with Crippen LogP contribution in [0, 0.1) is 0 Å². The van der Waals surface area contributed by atoms with E-state index in [1.165, 1.54) is 4.68 Å². The molecule has 4 amide bonds. The molecule has 3 aromatic rings. The standard InChI is InChI=1S/C25H25N5O5/c1-2-3-8-14-30-25(35)17-10-5-4-9-16(17)21(28-30)22(32)27-26-20(31)13-15-29-23(33)18-11-6-7-12-19(18)24(29)34/h4-7,9-12H,2-3,8,13-15H2,1H3,(H,26,31)(H,27,32). The normalized spacial score (nSPS) is 12.7. The lowest BCUT2D eigenvalue weighted by molar-refractivity contribution is -0.121. The van der Waals surface area contributed by atoms with Gasteiger partial charge in [-0.3, -0.25) is 39.7 Å². The second-order valence-electron chi connectivity index (χ2n) is 8.19. The van der Waals surface area contributed by atoms with Crippen molar-refractivity contribution in [1.82, 2.24) is 25.5 Å². The lowest BCUT2D eigenvalue weighted by atomic mass is 10.1. The molecule has 0 bridgehead atoms. The molecule has 1 aliphatic heterocycles. The number of amides is 4. The van der Waals surface area contributed by atoms with E-state index >= 15 is 0 Å². The number of aromatic nitrogens is 2. The van der Waals surface area contributed by atoms with Crippen molar-refractivity contribution in [1.29, 1.82) is 0 Å². The molecule has 0 fully saturated rings. The SMILES string of the molecule is CCCCCn1nc(C(=O)NNC(=O)CCN2C(=O)c3ccccc3C2=O)c2ccccc2c1=O. The number of nitrogens with zero attached hydrogens (tertiary/aromatic N) is 3. The lowest BCUT2D eigenvalue weighted by Crippen LogP contribution is -2.44. The van der Waals surface area contributed by atoms with E-state index in [4.69, 9.17) is 0 Å². The Morgan fingerprint density at radius 3 is 2.11 bits per heavy atom. The Balaban J connectivity index is 1.41. The van der Waals surface area contributed by atoms with Crippen LogP contribution in [0.2, 0.25) is 0 Å². The van der Waals surface area contributed by atoms with Gasteiger partial charge in [0, 0.05) is 24.9 Å². The van der Waals surface area contributed by atoms with E-state index in [9.17, 15) is 24.0 Å². The third-order valence-corrected chi connectivity index (χ3v) is 5.81. The summed E-state index contributed by atoms with van der Waals surface area (Å²) in [6.07, 6.45) is 2.45. The molecule has 1 aliphatic rings. The van der Waals surface area contributed by atoms with Crippen LogP contribution in [0.5, 0.6) is 0 Å². The number of fused-ring (bicyclic) bond motifs is 2. The Morgan fingerprint density at radius 1 is 0.829 bits per heavy atom. The second-order valence-corrected chi connectivity index (χ2v) is 8.19. The second kappa shape index (κ2) is 10.3. The fraction of sp³-hybridized carbons (Fsp3) is 0.280. The van der Waals surface area contributed by atoms with Gasteiger partial charge in [-0.05, 0) is 24.6 Å². The van der Waals surface area contributed by atoms with Crippen LogP contribution in [0.4, 0.5) is 0 Å². The Labute approximate surface area is 200 Å². The van der Waals surface area contributed by atoms with E-state index in [1.54, 1.807) is 48.5 Å². The summed E-state index contributed by atoms with van der Waals surface area (Å²) in [4.78, 5) is 63.8. The first-order valence-electron chi connectivity index (χ1n) is 11.5. The fourth-order valence-electron chi connectivity index (χ4n) is 3.97. The van der Waals surface area contributed by atoms with Crippen molar-refractivity contribution in [3.63, 3.8) is 0 Å². The molecule has 0 unspecified atom stereocenters. The topological polar surface area (TPSA) is 130 Å². The zero-order valence-electron chi connectivity index (χ0n) is 19.2. The highest BCUT2D eigenvalue weighted by Gasteiger charge is 2.35. The van der Waals surface area contributed by atoms with Gasteiger partial charge < -0.3 is 0 Å². The average molecular weight is 476 g/mol. The zero-order valence-corrected chi connectivity index (χ0v) is 19.2. The summed E-state index contributed by atoms with van der Waals surface area (Å²) >= 11 is 0. The van der Waals surface area contributed by atoms with Crippen LogP contribution in [0.25, 0.3) is 10.8 Å². The van der Waals surface area contributed by atoms with E-state index in [-0.39, 0.29) is 24.2 Å². The van der Waals surface area contributed by atoms with E-state index in [0.29, 0.717) is 28.4 Å². The van der Waals surface area contributed by atoms with Crippen molar-refractivity contribution in [2.45, 2.75) is 39.2 Å². The van der Waals surface area contributed by atoms with Gasteiger partial charge in [0.1, 0.15) is 0 Å². The largest absolute Gasteiger partial charge is 0.290 e. The summed E-state index contributed by atoms with van der Waals surface area (Å²) in [5, 5.41) is 4.98. The molecule has 0 radical (unpaired) electrons. The molecule has 0 spiro atoms. The summed E-state index contributed by atoms with van der Waals surface area (Å²) < 4.78 is 1.27. The maximum atomic E-state index is 12.8. The molecule has 1 aromatic heterocycles. The van der Waals surface area contributed by atoms with Crippen LogP contribution in [0.3, 0.4) is 0 Å². The molecule has 4 rings (SSSR count). The molecule has 0 saturated heterocycles. The van der Waals surface area contributed by atoms with E-state index in [1.807, 2.05) is 6.92 Å². The number of imide groups is 1. The van der Waals surface area contributed by atoms with Gasteiger partial charge in [0.05, 0.1) is 16.5 Å². The third-order valence-electron chi connectivity index (χ3n) is 5.81. The molecule has 10 heteroatoms. The van der Waals surface area contributed by atoms with Gasteiger partial charge in [-0.1, -0.05) is 50.1 Å². The van der Waals surface area contributed by atoms with Crippen LogP contribution in [0.15, 0.2) is 53.3 Å². The van der Waals surface area contributed by atoms with Gasteiger partial charge in [0.2, 0.25) is 5.91 Å². The van der Waals surface area contributed by atoms with Gasteiger partial charge >= 0.3 is 0 Å². The Hall–Kier alpha value is -4.34. The summed E-state index contributed by atoms with van der Waals surface area (Å²) in [6, 6.07) is 13.1.